The summed E-state index contributed by atoms with van der Waals surface area (Å²) in [6, 6.07) is 3.12. The second kappa shape index (κ2) is 5.97. The first kappa shape index (κ1) is 13.7. The van der Waals surface area contributed by atoms with Gasteiger partial charge in [0.1, 0.15) is 11.2 Å². The van der Waals surface area contributed by atoms with Crippen molar-refractivity contribution in [3.05, 3.63) is 21.9 Å². The summed E-state index contributed by atoms with van der Waals surface area (Å²) in [6.07, 6.45) is 3.37. The summed E-state index contributed by atoms with van der Waals surface area (Å²) in [5.74, 6) is -0.874. The number of thiophene rings is 1. The van der Waals surface area contributed by atoms with E-state index in [2.05, 4.69) is 0 Å². The molecule has 0 aromatic carbocycles. The molecular weight excluding hydrogens is 266 g/mol. The Labute approximate surface area is 114 Å². The Morgan fingerprint density at radius 1 is 1.53 bits per heavy atom. The van der Waals surface area contributed by atoms with Crippen LogP contribution in [0.25, 0.3) is 0 Å². The molecule has 6 heteroatoms. The summed E-state index contributed by atoms with van der Waals surface area (Å²) < 4.78 is 0. The first-order valence-electron chi connectivity index (χ1n) is 6.18. The van der Waals surface area contributed by atoms with Gasteiger partial charge in [-0.05, 0) is 31.4 Å². The van der Waals surface area contributed by atoms with Crippen LogP contribution in [0.1, 0.15) is 33.8 Å². The average Bonchev–Trinajstić information content (AvgIpc) is 2.98. The Morgan fingerprint density at radius 2 is 2.32 bits per heavy atom. The van der Waals surface area contributed by atoms with E-state index in [1.54, 1.807) is 17.0 Å². The molecule has 1 aromatic rings. The van der Waals surface area contributed by atoms with Crippen molar-refractivity contribution in [3.8, 4) is 0 Å². The monoisotopic (exact) mass is 281 g/mol. The number of aromatic carboxylic acids is 1. The van der Waals surface area contributed by atoms with Gasteiger partial charge in [0.15, 0.2) is 0 Å². The maximum absolute atomic E-state index is 11.6. The maximum atomic E-state index is 11.6. The van der Waals surface area contributed by atoms with Gasteiger partial charge >= 0.3 is 5.97 Å². The van der Waals surface area contributed by atoms with Crippen molar-refractivity contribution in [3.63, 3.8) is 0 Å². The van der Waals surface area contributed by atoms with Gasteiger partial charge in [-0.3, -0.25) is 4.79 Å². The number of carbonyl (C=O) groups excluding carboxylic acids is 2. The van der Waals surface area contributed by atoms with E-state index in [0.29, 0.717) is 24.3 Å². The van der Waals surface area contributed by atoms with Crippen LogP contribution in [-0.4, -0.2) is 40.8 Å². The van der Waals surface area contributed by atoms with Crippen LogP contribution in [-0.2, 0) is 16.0 Å². The molecule has 2 heterocycles. The summed E-state index contributed by atoms with van der Waals surface area (Å²) >= 11 is 1.26. The van der Waals surface area contributed by atoms with E-state index in [1.807, 2.05) is 0 Å². The van der Waals surface area contributed by atoms with Crippen molar-refractivity contribution in [1.29, 1.82) is 0 Å². The third kappa shape index (κ3) is 3.20. The van der Waals surface area contributed by atoms with Gasteiger partial charge in [-0.15, -0.1) is 11.3 Å². The number of hydrogen-bond donors (Lipinski definition) is 1. The van der Waals surface area contributed by atoms with Gasteiger partial charge in [0.05, 0.1) is 6.04 Å². The van der Waals surface area contributed by atoms with Gasteiger partial charge < -0.3 is 14.8 Å². The van der Waals surface area contributed by atoms with Crippen molar-refractivity contribution < 1.29 is 19.5 Å². The Hall–Kier alpha value is -1.69. The van der Waals surface area contributed by atoms with Crippen molar-refractivity contribution in [1.82, 2.24) is 4.90 Å². The number of likely N-dealkylation sites (tertiary alicyclic amines) is 1. The number of rotatable bonds is 6. The number of nitrogens with zero attached hydrogens (tertiary/aromatic N) is 1. The minimum absolute atomic E-state index is 0.0366. The van der Waals surface area contributed by atoms with E-state index in [4.69, 9.17) is 5.11 Å². The van der Waals surface area contributed by atoms with Crippen LogP contribution in [0.3, 0.4) is 0 Å². The largest absolute Gasteiger partial charge is 0.477 e. The highest BCUT2D eigenvalue weighted by Gasteiger charge is 2.29. The molecule has 1 unspecified atom stereocenters. The quantitative estimate of drug-likeness (QED) is 0.803. The van der Waals surface area contributed by atoms with Gasteiger partial charge in [-0.25, -0.2) is 4.79 Å². The first-order chi connectivity index (χ1) is 9.11. The van der Waals surface area contributed by atoms with Crippen LogP contribution >= 0.6 is 11.3 Å². The van der Waals surface area contributed by atoms with Crippen LogP contribution in [0.5, 0.6) is 0 Å². The predicted octanol–water partition coefficient (Wildman–Crippen LogP) is 1.57. The smallest absolute Gasteiger partial charge is 0.345 e. The molecule has 5 nitrogen and oxygen atoms in total. The zero-order valence-corrected chi connectivity index (χ0v) is 11.2. The van der Waals surface area contributed by atoms with Gasteiger partial charge in [0, 0.05) is 17.8 Å². The van der Waals surface area contributed by atoms with Crippen LogP contribution in [0.2, 0.25) is 0 Å². The summed E-state index contributed by atoms with van der Waals surface area (Å²) in [4.78, 5) is 36.1. The van der Waals surface area contributed by atoms with Gasteiger partial charge in [0.2, 0.25) is 5.91 Å². The minimum atomic E-state index is -0.910. The summed E-state index contributed by atoms with van der Waals surface area (Å²) in [5, 5.41) is 8.82. The Balaban J connectivity index is 1.84. The second-order valence-corrected chi connectivity index (χ2v) is 5.67. The highest BCUT2D eigenvalue weighted by molar-refractivity contribution is 7.13. The molecule has 1 N–H and O–H groups in total. The van der Waals surface area contributed by atoms with Crippen molar-refractivity contribution in [2.24, 2.45) is 0 Å². The molecule has 0 bridgehead atoms. The molecule has 102 valence electrons. The molecule has 1 atom stereocenters. The molecule has 1 amide bonds. The lowest BCUT2D eigenvalue weighted by Crippen LogP contribution is -2.34. The summed E-state index contributed by atoms with van der Waals surface area (Å²) in [6.45, 7) is 0.558. The molecule has 0 radical (unpaired) electrons. The third-order valence-corrected chi connectivity index (χ3v) is 4.36. The fourth-order valence-corrected chi connectivity index (χ4v) is 3.13. The van der Waals surface area contributed by atoms with Crippen molar-refractivity contribution >= 4 is 29.5 Å². The number of carboxylic acids is 1. The second-order valence-electron chi connectivity index (χ2n) is 4.50. The molecule has 1 saturated heterocycles. The van der Waals surface area contributed by atoms with E-state index in [-0.39, 0.29) is 11.9 Å². The van der Waals surface area contributed by atoms with Crippen LogP contribution in [0.15, 0.2) is 12.1 Å². The first-order valence-corrected chi connectivity index (χ1v) is 7.00. The molecule has 1 aliphatic heterocycles. The number of carboxylic acid groups (broad SMARTS) is 1. The lowest BCUT2D eigenvalue weighted by Gasteiger charge is -2.20. The highest BCUT2D eigenvalue weighted by Crippen LogP contribution is 2.20. The average molecular weight is 281 g/mol. The van der Waals surface area contributed by atoms with Crippen LogP contribution in [0, 0.1) is 0 Å². The highest BCUT2D eigenvalue weighted by atomic mass is 32.1. The SMILES string of the molecule is O=CC1CCC(=O)N1CCCc1ccc(C(=O)O)s1. The molecule has 1 fully saturated rings. The van der Waals surface area contributed by atoms with Crippen LogP contribution in [0.4, 0.5) is 0 Å². The van der Waals surface area contributed by atoms with Crippen molar-refractivity contribution in [2.75, 3.05) is 6.54 Å². The lowest BCUT2D eigenvalue weighted by atomic mass is 10.2. The normalized spacial score (nSPS) is 18.8. The zero-order chi connectivity index (χ0) is 13.8. The molecule has 2 rings (SSSR count). The summed E-state index contributed by atoms with van der Waals surface area (Å²) in [5.41, 5.74) is 0. The molecular formula is C13H15NO4S. The van der Waals surface area contributed by atoms with E-state index >= 15 is 0 Å². The van der Waals surface area contributed by atoms with E-state index in [9.17, 15) is 14.4 Å². The fraction of sp³-hybridized carbons (Fsp3) is 0.462. The molecule has 1 aliphatic rings. The number of aryl methyl sites for hydroxylation is 1. The number of aldehydes is 1. The Kier molecular flexibility index (Phi) is 4.31. The summed E-state index contributed by atoms with van der Waals surface area (Å²) in [7, 11) is 0. The predicted molar refractivity (Wildman–Crippen MR) is 70.4 cm³/mol. The third-order valence-electron chi connectivity index (χ3n) is 3.23. The number of hydrogen-bond acceptors (Lipinski definition) is 4. The van der Waals surface area contributed by atoms with E-state index < -0.39 is 5.97 Å². The van der Waals surface area contributed by atoms with Gasteiger partial charge in [-0.2, -0.15) is 0 Å². The number of carbonyl (C=O) groups is 3. The maximum Gasteiger partial charge on any atom is 0.345 e. The number of amides is 1. The molecule has 19 heavy (non-hydrogen) atoms. The standard InChI is InChI=1S/C13H15NO4S/c15-8-9-3-6-12(16)14(9)7-1-2-10-4-5-11(19-10)13(17)18/h4-5,8-9H,1-3,6-7H2,(H,17,18). The zero-order valence-electron chi connectivity index (χ0n) is 10.4. The fourth-order valence-electron chi connectivity index (χ4n) is 2.24. The van der Waals surface area contributed by atoms with Crippen molar-refractivity contribution in [2.45, 2.75) is 31.7 Å². The minimum Gasteiger partial charge on any atom is -0.477 e. The Bertz CT molecular complexity index is 497. The molecule has 1 aromatic heterocycles. The van der Waals surface area contributed by atoms with Gasteiger partial charge in [0.25, 0.3) is 0 Å². The van der Waals surface area contributed by atoms with Crippen LogP contribution < -0.4 is 0 Å². The van der Waals surface area contributed by atoms with E-state index in [1.165, 1.54) is 11.3 Å². The molecule has 0 spiro atoms. The lowest BCUT2D eigenvalue weighted by molar-refractivity contribution is -0.131. The van der Waals surface area contributed by atoms with Gasteiger partial charge in [-0.1, -0.05) is 0 Å². The topological polar surface area (TPSA) is 74.7 Å². The molecule has 0 aliphatic carbocycles. The molecule has 0 saturated carbocycles. The van der Waals surface area contributed by atoms with E-state index in [0.717, 1.165) is 24.0 Å². The Morgan fingerprint density at radius 3 is 2.95 bits per heavy atom.